The van der Waals surface area contributed by atoms with E-state index in [4.69, 9.17) is 5.73 Å². The number of aromatic nitrogens is 2. The lowest BCUT2D eigenvalue weighted by molar-refractivity contribution is 0.194. The molecule has 0 radical (unpaired) electrons. The SMILES string of the molecule is CCc1nccn1C(CO)C(N)CC(C)C. The molecule has 2 unspecified atom stereocenters. The third kappa shape index (κ3) is 3.06. The quantitative estimate of drug-likeness (QED) is 0.768. The van der Waals surface area contributed by atoms with Crippen LogP contribution in [0.15, 0.2) is 12.4 Å². The maximum absolute atomic E-state index is 9.47. The van der Waals surface area contributed by atoms with Gasteiger partial charge in [0.25, 0.3) is 0 Å². The summed E-state index contributed by atoms with van der Waals surface area (Å²) in [6, 6.07) is -0.0793. The van der Waals surface area contributed by atoms with Gasteiger partial charge in [-0.3, -0.25) is 0 Å². The molecule has 16 heavy (non-hydrogen) atoms. The van der Waals surface area contributed by atoms with Gasteiger partial charge in [0.15, 0.2) is 0 Å². The van der Waals surface area contributed by atoms with Crippen molar-refractivity contribution in [2.75, 3.05) is 6.61 Å². The highest BCUT2D eigenvalue weighted by molar-refractivity contribution is 4.97. The molecule has 92 valence electrons. The average molecular weight is 225 g/mol. The fraction of sp³-hybridized carbons (Fsp3) is 0.750. The fourth-order valence-corrected chi connectivity index (χ4v) is 2.05. The summed E-state index contributed by atoms with van der Waals surface area (Å²) < 4.78 is 2.01. The minimum atomic E-state index is -0.0557. The van der Waals surface area contributed by atoms with Crippen molar-refractivity contribution in [2.24, 2.45) is 11.7 Å². The molecule has 0 fully saturated rings. The van der Waals surface area contributed by atoms with Crippen molar-refractivity contribution >= 4 is 0 Å². The van der Waals surface area contributed by atoms with Gasteiger partial charge in [0.05, 0.1) is 12.6 Å². The summed E-state index contributed by atoms with van der Waals surface area (Å²) in [6.07, 6.45) is 5.44. The van der Waals surface area contributed by atoms with Crippen LogP contribution in [-0.2, 0) is 6.42 Å². The predicted molar refractivity (Wildman–Crippen MR) is 65.2 cm³/mol. The van der Waals surface area contributed by atoms with Crippen molar-refractivity contribution in [2.45, 2.75) is 45.7 Å². The van der Waals surface area contributed by atoms with E-state index in [9.17, 15) is 5.11 Å². The molecule has 0 saturated heterocycles. The molecule has 0 spiro atoms. The maximum atomic E-state index is 9.47. The summed E-state index contributed by atoms with van der Waals surface area (Å²) in [5.41, 5.74) is 6.14. The highest BCUT2D eigenvalue weighted by atomic mass is 16.3. The molecule has 3 N–H and O–H groups in total. The molecule has 0 aliphatic rings. The summed E-state index contributed by atoms with van der Waals surface area (Å²) >= 11 is 0. The standard InChI is InChI=1S/C12H23N3O/c1-4-12-14-5-6-15(12)11(8-16)10(13)7-9(2)3/h5-6,9-11,16H,4,7-8,13H2,1-3H3. The molecule has 0 amide bonds. The number of nitrogens with two attached hydrogens (primary N) is 1. The first-order valence-electron chi connectivity index (χ1n) is 5.98. The Balaban J connectivity index is 2.81. The van der Waals surface area contributed by atoms with Crippen molar-refractivity contribution < 1.29 is 5.11 Å². The molecule has 0 aromatic carbocycles. The number of hydrogen-bond acceptors (Lipinski definition) is 3. The summed E-state index contributed by atoms with van der Waals surface area (Å²) in [5.74, 6) is 1.52. The molecule has 1 rings (SSSR count). The van der Waals surface area contributed by atoms with E-state index in [1.807, 2.05) is 10.8 Å². The van der Waals surface area contributed by atoms with Crippen LogP contribution in [-0.4, -0.2) is 27.3 Å². The topological polar surface area (TPSA) is 64.1 Å². The third-order valence-corrected chi connectivity index (χ3v) is 2.85. The molecule has 2 atom stereocenters. The van der Waals surface area contributed by atoms with Crippen LogP contribution >= 0.6 is 0 Å². The van der Waals surface area contributed by atoms with E-state index >= 15 is 0 Å². The van der Waals surface area contributed by atoms with Crippen LogP contribution in [0.4, 0.5) is 0 Å². The van der Waals surface area contributed by atoms with Crippen molar-refractivity contribution in [1.82, 2.24) is 9.55 Å². The van der Waals surface area contributed by atoms with E-state index in [2.05, 4.69) is 25.8 Å². The van der Waals surface area contributed by atoms with Crippen LogP contribution in [0.1, 0.15) is 39.1 Å². The number of nitrogens with zero attached hydrogens (tertiary/aromatic N) is 2. The molecule has 0 aliphatic heterocycles. The average Bonchev–Trinajstić information content (AvgIpc) is 2.66. The zero-order valence-corrected chi connectivity index (χ0v) is 10.4. The lowest BCUT2D eigenvalue weighted by Gasteiger charge is -2.26. The zero-order valence-electron chi connectivity index (χ0n) is 10.4. The van der Waals surface area contributed by atoms with E-state index in [1.54, 1.807) is 6.20 Å². The second-order valence-electron chi connectivity index (χ2n) is 4.65. The van der Waals surface area contributed by atoms with Gasteiger partial charge in [-0.15, -0.1) is 0 Å². The third-order valence-electron chi connectivity index (χ3n) is 2.85. The van der Waals surface area contributed by atoms with E-state index in [-0.39, 0.29) is 18.7 Å². The molecule has 1 aromatic rings. The molecule has 1 heterocycles. The summed E-state index contributed by atoms with van der Waals surface area (Å²) in [6.45, 7) is 6.41. The summed E-state index contributed by atoms with van der Waals surface area (Å²) in [5, 5.41) is 9.47. The van der Waals surface area contributed by atoms with E-state index in [1.165, 1.54) is 0 Å². The molecule has 4 heteroatoms. The van der Waals surface area contributed by atoms with Crippen LogP contribution in [0.3, 0.4) is 0 Å². The Labute approximate surface area is 97.5 Å². The van der Waals surface area contributed by atoms with Gasteiger partial charge in [0.2, 0.25) is 0 Å². The van der Waals surface area contributed by atoms with Gasteiger partial charge in [-0.05, 0) is 12.3 Å². The molecular weight excluding hydrogens is 202 g/mol. The van der Waals surface area contributed by atoms with Crippen molar-refractivity contribution in [3.05, 3.63) is 18.2 Å². The first kappa shape index (κ1) is 13.2. The molecule has 4 nitrogen and oxygen atoms in total. The van der Waals surface area contributed by atoms with Gasteiger partial charge in [-0.2, -0.15) is 0 Å². The highest BCUT2D eigenvalue weighted by Gasteiger charge is 2.21. The van der Waals surface area contributed by atoms with Crippen LogP contribution in [0, 0.1) is 5.92 Å². The van der Waals surface area contributed by atoms with Crippen molar-refractivity contribution in [3.63, 3.8) is 0 Å². The monoisotopic (exact) mass is 225 g/mol. The fourth-order valence-electron chi connectivity index (χ4n) is 2.05. The number of aliphatic hydroxyl groups excluding tert-OH is 1. The second-order valence-corrected chi connectivity index (χ2v) is 4.65. The number of imidazole rings is 1. The second kappa shape index (κ2) is 6.01. The van der Waals surface area contributed by atoms with Gasteiger partial charge in [-0.1, -0.05) is 20.8 Å². The Hall–Kier alpha value is -0.870. The smallest absolute Gasteiger partial charge is 0.108 e. The molecule has 0 aliphatic carbocycles. The molecular formula is C12H23N3O. The largest absolute Gasteiger partial charge is 0.394 e. The number of rotatable bonds is 6. The maximum Gasteiger partial charge on any atom is 0.108 e. The normalized spacial score (nSPS) is 15.4. The van der Waals surface area contributed by atoms with Crippen molar-refractivity contribution in [1.29, 1.82) is 0 Å². The Morgan fingerprint density at radius 2 is 2.19 bits per heavy atom. The van der Waals surface area contributed by atoms with E-state index < -0.39 is 0 Å². The lowest BCUT2D eigenvalue weighted by atomic mass is 9.98. The highest BCUT2D eigenvalue weighted by Crippen LogP contribution is 2.18. The lowest BCUT2D eigenvalue weighted by Crippen LogP contribution is -2.36. The molecule has 1 aromatic heterocycles. The van der Waals surface area contributed by atoms with E-state index in [0.29, 0.717) is 5.92 Å². The Bertz CT molecular complexity index is 309. The summed E-state index contributed by atoms with van der Waals surface area (Å²) in [4.78, 5) is 4.26. The van der Waals surface area contributed by atoms with Gasteiger partial charge in [0, 0.05) is 24.9 Å². The van der Waals surface area contributed by atoms with Crippen LogP contribution in [0.5, 0.6) is 0 Å². The number of aryl methyl sites for hydroxylation is 1. The van der Waals surface area contributed by atoms with Crippen LogP contribution in [0.2, 0.25) is 0 Å². The van der Waals surface area contributed by atoms with Crippen LogP contribution < -0.4 is 5.73 Å². The first-order valence-corrected chi connectivity index (χ1v) is 5.98. The predicted octanol–water partition coefficient (Wildman–Crippen LogP) is 1.35. The van der Waals surface area contributed by atoms with E-state index in [0.717, 1.165) is 18.7 Å². The van der Waals surface area contributed by atoms with Gasteiger partial charge < -0.3 is 15.4 Å². The Morgan fingerprint density at radius 1 is 1.50 bits per heavy atom. The Kier molecular flexibility index (Phi) is 4.96. The van der Waals surface area contributed by atoms with Gasteiger partial charge in [-0.25, -0.2) is 4.98 Å². The number of aliphatic hydroxyl groups is 1. The number of hydrogen-bond donors (Lipinski definition) is 2. The first-order chi connectivity index (χ1) is 7.60. The zero-order chi connectivity index (χ0) is 12.1. The minimum Gasteiger partial charge on any atom is -0.394 e. The van der Waals surface area contributed by atoms with Crippen LogP contribution in [0.25, 0.3) is 0 Å². The van der Waals surface area contributed by atoms with Gasteiger partial charge in [0.1, 0.15) is 5.82 Å². The Morgan fingerprint density at radius 3 is 2.69 bits per heavy atom. The molecule has 0 bridgehead atoms. The van der Waals surface area contributed by atoms with Gasteiger partial charge >= 0.3 is 0 Å². The molecule has 0 saturated carbocycles. The summed E-state index contributed by atoms with van der Waals surface area (Å²) in [7, 11) is 0. The van der Waals surface area contributed by atoms with Crippen molar-refractivity contribution in [3.8, 4) is 0 Å². The minimum absolute atomic E-state index is 0.0236.